The number of fused-ring (bicyclic) bond motifs is 1. The van der Waals surface area contributed by atoms with Gasteiger partial charge in [-0.2, -0.15) is 0 Å². The fourth-order valence-corrected chi connectivity index (χ4v) is 1.37. The van der Waals surface area contributed by atoms with Gasteiger partial charge in [0, 0.05) is 12.6 Å². The minimum atomic E-state index is 0.763. The van der Waals surface area contributed by atoms with E-state index >= 15 is 0 Å². The molecule has 0 atom stereocenters. The molecule has 1 aliphatic rings. The zero-order valence-corrected chi connectivity index (χ0v) is 7.70. The van der Waals surface area contributed by atoms with E-state index in [-0.39, 0.29) is 0 Å². The number of rotatable bonds is 1. The van der Waals surface area contributed by atoms with Crippen LogP contribution in [0.5, 0.6) is 0 Å². The van der Waals surface area contributed by atoms with E-state index in [1.165, 1.54) is 11.1 Å². The minimum Gasteiger partial charge on any atom is -0.266 e. The van der Waals surface area contributed by atoms with Gasteiger partial charge in [0.05, 0.1) is 6.54 Å². The second kappa shape index (κ2) is 3.52. The topological polar surface area (TPSA) is 24.7 Å². The number of nitrogens with zero attached hydrogens (tertiary/aromatic N) is 2. The maximum Gasteiger partial charge on any atom is 0.123 e. The summed E-state index contributed by atoms with van der Waals surface area (Å²) in [4.78, 5) is 8.71. The molecule has 0 aromatic heterocycles. The highest BCUT2D eigenvalue weighted by Crippen LogP contribution is 2.11. The average molecular weight is 172 g/mol. The van der Waals surface area contributed by atoms with Crippen LogP contribution in [0.15, 0.2) is 34.3 Å². The van der Waals surface area contributed by atoms with Gasteiger partial charge in [-0.05, 0) is 11.1 Å². The normalized spacial score (nSPS) is 14.7. The van der Waals surface area contributed by atoms with Crippen molar-refractivity contribution in [2.24, 2.45) is 9.98 Å². The van der Waals surface area contributed by atoms with E-state index < -0.39 is 0 Å². The van der Waals surface area contributed by atoms with E-state index in [4.69, 9.17) is 0 Å². The Kier molecular flexibility index (Phi) is 2.21. The Morgan fingerprint density at radius 3 is 3.00 bits per heavy atom. The molecule has 1 heterocycles. The summed E-state index contributed by atoms with van der Waals surface area (Å²) in [5.74, 6) is 0.941. The monoisotopic (exact) mass is 172 g/mol. The van der Waals surface area contributed by atoms with Gasteiger partial charge in [-0.15, -0.1) is 0 Å². The molecule has 0 N–H and O–H groups in total. The molecule has 13 heavy (non-hydrogen) atoms. The van der Waals surface area contributed by atoms with Gasteiger partial charge >= 0.3 is 0 Å². The number of amidine groups is 1. The van der Waals surface area contributed by atoms with Crippen molar-refractivity contribution in [1.29, 1.82) is 0 Å². The third-order valence-electron chi connectivity index (χ3n) is 2.16. The summed E-state index contributed by atoms with van der Waals surface area (Å²) in [7, 11) is 0. The second-order valence-corrected chi connectivity index (χ2v) is 3.04. The Morgan fingerprint density at radius 2 is 2.15 bits per heavy atom. The molecule has 1 aliphatic heterocycles. The quantitative estimate of drug-likeness (QED) is 0.621. The molecule has 1 aromatic rings. The van der Waals surface area contributed by atoms with Crippen LogP contribution in [0.3, 0.4) is 0 Å². The molecule has 0 aliphatic carbocycles. The Hall–Kier alpha value is -1.44. The Bertz CT molecular complexity index is 364. The van der Waals surface area contributed by atoms with Gasteiger partial charge in [-0.3, -0.25) is 4.99 Å². The molecule has 0 saturated heterocycles. The van der Waals surface area contributed by atoms with Gasteiger partial charge in [0.25, 0.3) is 0 Å². The maximum atomic E-state index is 4.40. The van der Waals surface area contributed by atoms with Crippen LogP contribution >= 0.6 is 0 Å². The lowest BCUT2D eigenvalue weighted by Gasteiger charge is -1.98. The first-order valence-corrected chi connectivity index (χ1v) is 4.55. The fraction of sp³-hybridized carbons (Fsp3) is 0.273. The lowest BCUT2D eigenvalue weighted by atomic mass is 10.1. The van der Waals surface area contributed by atoms with Crippen LogP contribution in [0.2, 0.25) is 0 Å². The summed E-state index contributed by atoms with van der Waals surface area (Å²) in [6.07, 6.45) is 2.81. The standard InChI is InChI=1S/C11H12N2/c1-2-11-12-7-9-5-3-4-6-10(9)8-13-11/h3-7H,2,8H2,1H3. The number of benzene rings is 1. The van der Waals surface area contributed by atoms with Crippen molar-refractivity contribution in [2.45, 2.75) is 19.9 Å². The number of aliphatic imine (C=N–C) groups is 2. The highest BCUT2D eigenvalue weighted by Gasteiger charge is 2.02. The molecule has 0 amide bonds. The van der Waals surface area contributed by atoms with E-state index in [0.717, 1.165) is 18.8 Å². The summed E-state index contributed by atoms with van der Waals surface area (Å²) in [5.41, 5.74) is 2.45. The lowest BCUT2D eigenvalue weighted by molar-refractivity contribution is 1.04. The third-order valence-corrected chi connectivity index (χ3v) is 2.16. The molecule has 2 heteroatoms. The fourth-order valence-electron chi connectivity index (χ4n) is 1.37. The van der Waals surface area contributed by atoms with Crippen LogP contribution in [0.4, 0.5) is 0 Å². The highest BCUT2D eigenvalue weighted by atomic mass is 14.9. The number of hydrogen-bond acceptors (Lipinski definition) is 2. The van der Waals surface area contributed by atoms with Crippen molar-refractivity contribution >= 4 is 12.1 Å². The van der Waals surface area contributed by atoms with Crippen LogP contribution in [0, 0.1) is 0 Å². The molecule has 1 aromatic carbocycles. The van der Waals surface area contributed by atoms with Crippen LogP contribution in [-0.4, -0.2) is 12.1 Å². The van der Waals surface area contributed by atoms with Gasteiger partial charge in [0.2, 0.25) is 0 Å². The van der Waals surface area contributed by atoms with Gasteiger partial charge in [0.1, 0.15) is 5.84 Å². The summed E-state index contributed by atoms with van der Waals surface area (Å²) >= 11 is 0. The van der Waals surface area contributed by atoms with E-state index in [1.54, 1.807) is 0 Å². The van der Waals surface area contributed by atoms with Crippen LogP contribution in [0.25, 0.3) is 0 Å². The second-order valence-electron chi connectivity index (χ2n) is 3.04. The van der Waals surface area contributed by atoms with Crippen molar-refractivity contribution in [2.75, 3.05) is 0 Å². The molecule has 0 spiro atoms. The molecule has 0 saturated carbocycles. The average Bonchev–Trinajstić information content (AvgIpc) is 2.39. The van der Waals surface area contributed by atoms with Crippen LogP contribution in [0.1, 0.15) is 24.5 Å². The van der Waals surface area contributed by atoms with Gasteiger partial charge in [0.15, 0.2) is 0 Å². The van der Waals surface area contributed by atoms with Gasteiger partial charge < -0.3 is 0 Å². The molecule has 0 radical (unpaired) electrons. The minimum absolute atomic E-state index is 0.763. The van der Waals surface area contributed by atoms with Crippen molar-refractivity contribution in [3.63, 3.8) is 0 Å². The van der Waals surface area contributed by atoms with E-state index in [0.29, 0.717) is 0 Å². The summed E-state index contributed by atoms with van der Waals surface area (Å²) < 4.78 is 0. The smallest absolute Gasteiger partial charge is 0.123 e. The Labute approximate surface area is 78.0 Å². The summed E-state index contributed by atoms with van der Waals surface area (Å²) in [5, 5.41) is 0. The van der Waals surface area contributed by atoms with E-state index in [9.17, 15) is 0 Å². The van der Waals surface area contributed by atoms with Crippen molar-refractivity contribution in [3.05, 3.63) is 35.4 Å². The number of hydrogen-bond donors (Lipinski definition) is 0. The highest BCUT2D eigenvalue weighted by molar-refractivity contribution is 5.96. The predicted octanol–water partition coefficient (Wildman–Crippen LogP) is 2.43. The third kappa shape index (κ3) is 1.66. The first kappa shape index (κ1) is 8.17. The maximum absolute atomic E-state index is 4.40. The molecule has 0 unspecified atom stereocenters. The Balaban J connectivity index is 2.39. The van der Waals surface area contributed by atoms with Gasteiger partial charge in [-0.1, -0.05) is 31.2 Å². The molecular weight excluding hydrogens is 160 g/mol. The molecule has 2 rings (SSSR count). The summed E-state index contributed by atoms with van der Waals surface area (Å²) in [6.45, 7) is 2.84. The van der Waals surface area contributed by atoms with Gasteiger partial charge in [-0.25, -0.2) is 4.99 Å². The first-order chi connectivity index (χ1) is 6.40. The SMILES string of the molecule is CCC1=NCc2ccccc2C=N1. The Morgan fingerprint density at radius 1 is 1.31 bits per heavy atom. The van der Waals surface area contributed by atoms with E-state index in [2.05, 4.69) is 29.0 Å². The van der Waals surface area contributed by atoms with E-state index in [1.807, 2.05) is 18.3 Å². The first-order valence-electron chi connectivity index (χ1n) is 4.55. The molecular formula is C11H12N2. The molecule has 66 valence electrons. The van der Waals surface area contributed by atoms with Crippen molar-refractivity contribution < 1.29 is 0 Å². The van der Waals surface area contributed by atoms with Crippen molar-refractivity contribution in [3.8, 4) is 0 Å². The van der Waals surface area contributed by atoms with Crippen molar-refractivity contribution in [1.82, 2.24) is 0 Å². The predicted molar refractivity (Wildman–Crippen MR) is 55.5 cm³/mol. The molecule has 0 bridgehead atoms. The summed E-state index contributed by atoms with van der Waals surface area (Å²) in [6, 6.07) is 8.25. The largest absolute Gasteiger partial charge is 0.266 e. The molecule has 2 nitrogen and oxygen atoms in total. The van der Waals surface area contributed by atoms with Crippen LogP contribution < -0.4 is 0 Å². The molecule has 0 fully saturated rings. The zero-order valence-electron chi connectivity index (χ0n) is 7.70. The lowest BCUT2D eigenvalue weighted by Crippen LogP contribution is -1.89. The zero-order chi connectivity index (χ0) is 9.10. The van der Waals surface area contributed by atoms with Crippen LogP contribution in [-0.2, 0) is 6.54 Å².